The van der Waals surface area contributed by atoms with E-state index in [-0.39, 0.29) is 6.10 Å². The van der Waals surface area contributed by atoms with Crippen LogP contribution in [0.5, 0.6) is 0 Å². The van der Waals surface area contributed by atoms with Gasteiger partial charge in [0, 0.05) is 31.2 Å². The predicted molar refractivity (Wildman–Crippen MR) is 77.8 cm³/mol. The lowest BCUT2D eigenvalue weighted by molar-refractivity contribution is 0.0296. The van der Waals surface area contributed by atoms with E-state index < -0.39 is 0 Å². The summed E-state index contributed by atoms with van der Waals surface area (Å²) in [5.41, 5.74) is 2.32. The van der Waals surface area contributed by atoms with Crippen LogP contribution in [0.25, 0.3) is 0 Å². The van der Waals surface area contributed by atoms with E-state index in [2.05, 4.69) is 38.5 Å². The Bertz CT molecular complexity index is 523. The summed E-state index contributed by atoms with van der Waals surface area (Å²) in [7, 11) is 0. The molecule has 1 saturated heterocycles. The van der Waals surface area contributed by atoms with Crippen molar-refractivity contribution in [3.05, 3.63) is 42.7 Å². The van der Waals surface area contributed by atoms with Crippen LogP contribution in [0.1, 0.15) is 12.6 Å². The molecule has 0 bridgehead atoms. The minimum atomic E-state index is 0.198. The minimum Gasteiger partial charge on any atom is -0.373 e. The zero-order valence-electron chi connectivity index (χ0n) is 11.8. The van der Waals surface area contributed by atoms with Crippen LogP contribution in [0.4, 0.5) is 5.69 Å². The van der Waals surface area contributed by atoms with Crippen LogP contribution in [-0.2, 0) is 17.7 Å². The lowest BCUT2D eigenvalue weighted by Gasteiger charge is -2.34. The number of imidazole rings is 1. The second-order valence-corrected chi connectivity index (χ2v) is 5.06. The Kier molecular flexibility index (Phi) is 3.97. The highest BCUT2D eigenvalue weighted by Gasteiger charge is 2.21. The van der Waals surface area contributed by atoms with E-state index in [1.165, 1.54) is 5.69 Å². The number of anilines is 1. The van der Waals surface area contributed by atoms with Crippen molar-refractivity contribution in [2.75, 3.05) is 24.6 Å². The third kappa shape index (κ3) is 2.99. The fourth-order valence-electron chi connectivity index (χ4n) is 2.51. The van der Waals surface area contributed by atoms with Gasteiger partial charge in [0.05, 0.1) is 37.5 Å². The molecule has 0 saturated carbocycles. The number of pyridine rings is 1. The third-order valence-corrected chi connectivity index (χ3v) is 3.65. The van der Waals surface area contributed by atoms with Crippen LogP contribution in [-0.4, -0.2) is 40.3 Å². The summed E-state index contributed by atoms with van der Waals surface area (Å²) in [6.07, 6.45) is 8.75. The van der Waals surface area contributed by atoms with Gasteiger partial charge in [-0.1, -0.05) is 6.92 Å². The highest BCUT2D eigenvalue weighted by molar-refractivity contribution is 5.45. The molecule has 20 heavy (non-hydrogen) atoms. The highest BCUT2D eigenvalue weighted by atomic mass is 16.5. The number of hydrogen-bond donors (Lipinski definition) is 0. The lowest BCUT2D eigenvalue weighted by Crippen LogP contribution is -2.44. The first-order valence-corrected chi connectivity index (χ1v) is 7.12. The minimum absolute atomic E-state index is 0.198. The largest absolute Gasteiger partial charge is 0.373 e. The standard InChI is InChI=1S/C15H20N4O/c1-2-13-3-4-14(9-17-13)19-7-8-20-15(11-19)10-18-6-5-16-12-18/h3-6,9,12,15H,2,7-8,10-11H2,1H3. The molecule has 0 aliphatic carbocycles. The van der Waals surface area contributed by atoms with Crippen LogP contribution < -0.4 is 4.90 Å². The summed E-state index contributed by atoms with van der Waals surface area (Å²) < 4.78 is 7.90. The van der Waals surface area contributed by atoms with E-state index in [0.717, 1.165) is 38.4 Å². The Hall–Kier alpha value is -1.88. The number of ether oxygens (including phenoxy) is 1. The van der Waals surface area contributed by atoms with Gasteiger partial charge in [-0.2, -0.15) is 0 Å². The van der Waals surface area contributed by atoms with Gasteiger partial charge in [0.1, 0.15) is 0 Å². The summed E-state index contributed by atoms with van der Waals surface area (Å²) in [4.78, 5) is 10.9. The van der Waals surface area contributed by atoms with Gasteiger partial charge in [0.2, 0.25) is 0 Å². The van der Waals surface area contributed by atoms with Crippen molar-refractivity contribution in [3.63, 3.8) is 0 Å². The molecule has 106 valence electrons. The second-order valence-electron chi connectivity index (χ2n) is 5.06. The maximum Gasteiger partial charge on any atom is 0.0946 e. The van der Waals surface area contributed by atoms with Crippen LogP contribution >= 0.6 is 0 Å². The maximum absolute atomic E-state index is 5.84. The van der Waals surface area contributed by atoms with Gasteiger partial charge in [-0.3, -0.25) is 4.98 Å². The smallest absolute Gasteiger partial charge is 0.0946 e. The fraction of sp³-hybridized carbons (Fsp3) is 0.467. The molecule has 0 N–H and O–H groups in total. The fourth-order valence-corrected chi connectivity index (χ4v) is 2.51. The van der Waals surface area contributed by atoms with Crippen LogP contribution in [0.3, 0.4) is 0 Å². The Labute approximate surface area is 119 Å². The number of rotatable bonds is 4. The predicted octanol–water partition coefficient (Wildman–Crippen LogP) is 1.75. The van der Waals surface area contributed by atoms with E-state index in [4.69, 9.17) is 4.74 Å². The van der Waals surface area contributed by atoms with Gasteiger partial charge in [-0.25, -0.2) is 4.98 Å². The van der Waals surface area contributed by atoms with Gasteiger partial charge >= 0.3 is 0 Å². The van der Waals surface area contributed by atoms with Crippen molar-refractivity contribution in [1.29, 1.82) is 0 Å². The second kappa shape index (κ2) is 6.05. The molecule has 2 aromatic heterocycles. The molecule has 0 aromatic carbocycles. The average molecular weight is 272 g/mol. The normalized spacial score (nSPS) is 19.2. The van der Waals surface area contributed by atoms with Crippen molar-refractivity contribution >= 4 is 5.69 Å². The first-order valence-electron chi connectivity index (χ1n) is 7.12. The molecule has 3 rings (SSSR count). The van der Waals surface area contributed by atoms with Crippen LogP contribution in [0.15, 0.2) is 37.1 Å². The molecule has 0 spiro atoms. The molecule has 0 radical (unpaired) electrons. The molecule has 1 unspecified atom stereocenters. The molecular weight excluding hydrogens is 252 g/mol. The molecule has 2 aromatic rings. The average Bonchev–Trinajstić information content (AvgIpc) is 3.01. The number of morpholine rings is 1. The third-order valence-electron chi connectivity index (χ3n) is 3.65. The Morgan fingerprint density at radius 3 is 3.05 bits per heavy atom. The van der Waals surface area contributed by atoms with E-state index >= 15 is 0 Å². The van der Waals surface area contributed by atoms with Crippen LogP contribution in [0, 0.1) is 0 Å². The van der Waals surface area contributed by atoms with Crippen LogP contribution in [0.2, 0.25) is 0 Å². The Morgan fingerprint density at radius 2 is 2.35 bits per heavy atom. The topological polar surface area (TPSA) is 43.2 Å². The van der Waals surface area contributed by atoms with E-state index in [0.29, 0.717) is 0 Å². The lowest BCUT2D eigenvalue weighted by atomic mass is 10.2. The zero-order chi connectivity index (χ0) is 13.8. The molecule has 0 amide bonds. The van der Waals surface area contributed by atoms with Gasteiger partial charge in [-0.15, -0.1) is 0 Å². The molecule has 3 heterocycles. The molecule has 1 aliphatic rings. The zero-order valence-corrected chi connectivity index (χ0v) is 11.8. The summed E-state index contributed by atoms with van der Waals surface area (Å²) in [5, 5.41) is 0. The van der Waals surface area contributed by atoms with E-state index in [1.807, 2.05) is 18.7 Å². The van der Waals surface area contributed by atoms with Crippen molar-refractivity contribution in [3.8, 4) is 0 Å². The first-order chi connectivity index (χ1) is 9.85. The van der Waals surface area contributed by atoms with Crippen molar-refractivity contribution in [2.45, 2.75) is 26.0 Å². The number of aromatic nitrogens is 3. The molecule has 5 heteroatoms. The quantitative estimate of drug-likeness (QED) is 0.850. The first kappa shape index (κ1) is 13.1. The van der Waals surface area contributed by atoms with Crippen molar-refractivity contribution in [1.82, 2.24) is 14.5 Å². The molecule has 5 nitrogen and oxygen atoms in total. The Morgan fingerprint density at radius 1 is 1.40 bits per heavy atom. The van der Waals surface area contributed by atoms with Gasteiger partial charge < -0.3 is 14.2 Å². The highest BCUT2D eigenvalue weighted by Crippen LogP contribution is 2.18. The molecule has 1 aliphatic heterocycles. The molecule has 1 atom stereocenters. The summed E-state index contributed by atoms with van der Waals surface area (Å²) in [5.74, 6) is 0. The van der Waals surface area contributed by atoms with Gasteiger partial charge in [0.25, 0.3) is 0 Å². The van der Waals surface area contributed by atoms with E-state index in [9.17, 15) is 0 Å². The van der Waals surface area contributed by atoms with Gasteiger partial charge in [-0.05, 0) is 18.6 Å². The number of hydrogen-bond acceptors (Lipinski definition) is 4. The number of nitrogens with zero attached hydrogens (tertiary/aromatic N) is 4. The van der Waals surface area contributed by atoms with Crippen molar-refractivity contribution < 1.29 is 4.74 Å². The maximum atomic E-state index is 5.84. The number of aryl methyl sites for hydroxylation is 1. The summed E-state index contributed by atoms with van der Waals surface area (Å²) in [6, 6.07) is 4.26. The summed E-state index contributed by atoms with van der Waals surface area (Å²) in [6.45, 7) is 5.54. The monoisotopic (exact) mass is 272 g/mol. The Balaban J connectivity index is 1.64. The van der Waals surface area contributed by atoms with E-state index in [1.54, 1.807) is 6.20 Å². The van der Waals surface area contributed by atoms with Gasteiger partial charge in [0.15, 0.2) is 0 Å². The van der Waals surface area contributed by atoms with Crippen molar-refractivity contribution in [2.24, 2.45) is 0 Å². The summed E-state index contributed by atoms with van der Waals surface area (Å²) >= 11 is 0. The SMILES string of the molecule is CCc1ccc(N2CCOC(Cn3ccnc3)C2)cn1. The molecule has 1 fully saturated rings. The molecular formula is C15H20N4O.